The predicted molar refractivity (Wildman–Crippen MR) is 378 cm³/mol. The van der Waals surface area contributed by atoms with Gasteiger partial charge in [0.1, 0.15) is 41.2 Å². The maximum atomic E-state index is 16.0. The largest absolute Gasteiger partial charge is 0.508 e. The normalized spacial score (nSPS) is 21.2. The number of benzene rings is 3. The van der Waals surface area contributed by atoms with Crippen LogP contribution in [0.5, 0.6) is 11.8 Å². The number of anilines is 2. The number of aromatic nitrogens is 3. The maximum Gasteiger partial charge on any atom is 0.318 e. The highest BCUT2D eigenvalue weighted by molar-refractivity contribution is 6.07. The van der Waals surface area contributed by atoms with Crippen molar-refractivity contribution in [3.63, 3.8) is 0 Å². The summed E-state index contributed by atoms with van der Waals surface area (Å²) in [5, 5.41) is 13.8. The minimum Gasteiger partial charge on any atom is -0.508 e. The lowest BCUT2D eigenvalue weighted by Gasteiger charge is -2.47. The van der Waals surface area contributed by atoms with Crippen LogP contribution in [-0.4, -0.2) is 107 Å². The van der Waals surface area contributed by atoms with E-state index in [2.05, 4.69) is 85.8 Å². The van der Waals surface area contributed by atoms with E-state index >= 15 is 4.39 Å². The number of imide groups is 1. The number of phenols is 1. The van der Waals surface area contributed by atoms with Crippen LogP contribution in [0.4, 0.5) is 29.1 Å². The van der Waals surface area contributed by atoms with Gasteiger partial charge in [-0.3, -0.25) is 39.3 Å². The quantitative estimate of drug-likeness (QED) is 0.0361. The minimum atomic E-state index is -2.91. The monoisotopic (exact) mass is 1330 g/mol. The van der Waals surface area contributed by atoms with Gasteiger partial charge in [-0.1, -0.05) is 147 Å². The van der Waals surface area contributed by atoms with Crippen molar-refractivity contribution >= 4 is 57.4 Å². The van der Waals surface area contributed by atoms with Crippen molar-refractivity contribution in [3.8, 4) is 23.0 Å². The summed E-state index contributed by atoms with van der Waals surface area (Å²) in [7, 11) is 1.30. The van der Waals surface area contributed by atoms with Gasteiger partial charge >= 0.3 is 6.01 Å². The fourth-order valence-corrected chi connectivity index (χ4v) is 14.8. The first-order valence-electron chi connectivity index (χ1n) is 36.1. The second-order valence-electron chi connectivity index (χ2n) is 26.8. The van der Waals surface area contributed by atoms with E-state index in [9.17, 15) is 37.5 Å². The van der Waals surface area contributed by atoms with E-state index in [1.165, 1.54) is 144 Å². The van der Waals surface area contributed by atoms with Crippen molar-refractivity contribution in [2.24, 2.45) is 23.2 Å². The Morgan fingerprint density at radius 3 is 2.19 bits per heavy atom. The predicted octanol–water partition coefficient (Wildman–Crippen LogP) is 18.8. The van der Waals surface area contributed by atoms with E-state index in [-0.39, 0.29) is 76.7 Å². The fraction of sp³-hybridized carbons (Fsp3) is 0.649. The molecule has 95 heavy (non-hydrogen) atoms. The molecule has 1 saturated carbocycles. The molecule has 14 nitrogen and oxygen atoms in total. The molecule has 0 bridgehead atoms. The summed E-state index contributed by atoms with van der Waals surface area (Å²) in [6, 6.07) is 12.4. The Bertz CT molecular complexity index is 3250. The number of piperidine rings is 2. The number of aryl methyl sites for hydroxylation is 2. The summed E-state index contributed by atoms with van der Waals surface area (Å²) >= 11 is 0. The molecule has 18 heteroatoms. The molecule has 528 valence electrons. The summed E-state index contributed by atoms with van der Waals surface area (Å²) in [4.78, 5) is 64.9. The van der Waals surface area contributed by atoms with Gasteiger partial charge in [-0.05, 0) is 178 Å². The lowest BCUT2D eigenvalue weighted by Crippen LogP contribution is -2.54. The van der Waals surface area contributed by atoms with Crippen molar-refractivity contribution in [2.75, 3.05) is 43.2 Å². The number of fused-ring (bicyclic) bond motifs is 3. The van der Waals surface area contributed by atoms with E-state index in [1.807, 2.05) is 40.7 Å². The molecular formula is C77H115F4N7O7. The number of pyridine rings is 1. The molecule has 5 aliphatic rings. The number of nitrogens with one attached hydrogen (secondary N) is 1. The summed E-state index contributed by atoms with van der Waals surface area (Å²) < 4.78 is 68.8. The molecule has 4 saturated heterocycles. The van der Waals surface area contributed by atoms with E-state index in [4.69, 9.17) is 9.47 Å². The molecule has 3 amide bonds. The van der Waals surface area contributed by atoms with Crippen molar-refractivity contribution in [3.05, 3.63) is 77.0 Å². The van der Waals surface area contributed by atoms with Crippen molar-refractivity contribution < 1.29 is 51.3 Å². The van der Waals surface area contributed by atoms with Crippen LogP contribution in [0.1, 0.15) is 247 Å². The molecular weight excluding hydrogens is 1210 g/mol. The van der Waals surface area contributed by atoms with Gasteiger partial charge in [-0.2, -0.15) is 9.97 Å². The highest BCUT2D eigenvalue weighted by Gasteiger charge is 2.42. The van der Waals surface area contributed by atoms with Crippen LogP contribution < -0.4 is 19.9 Å². The number of nitrogens with zero attached hydrogens (tertiary/aromatic N) is 6. The summed E-state index contributed by atoms with van der Waals surface area (Å²) in [6.45, 7) is 32.0. The molecule has 4 aliphatic heterocycles. The number of amides is 3. The Morgan fingerprint density at radius 2 is 1.58 bits per heavy atom. The summed E-state index contributed by atoms with van der Waals surface area (Å²) in [5.74, 6) is -1.79. The van der Waals surface area contributed by atoms with Gasteiger partial charge in [-0.25, -0.2) is 17.6 Å². The molecule has 2 N–H and O–H groups in total. The van der Waals surface area contributed by atoms with Crippen LogP contribution in [0.25, 0.3) is 32.9 Å². The Morgan fingerprint density at radius 1 is 0.863 bits per heavy atom. The zero-order chi connectivity index (χ0) is 70.2. The molecule has 0 spiro atoms. The van der Waals surface area contributed by atoms with Crippen LogP contribution in [0.15, 0.2) is 48.7 Å². The minimum absolute atomic E-state index is 0.0952. The van der Waals surface area contributed by atoms with Crippen LogP contribution in [0.3, 0.4) is 0 Å². The zero-order valence-electron chi connectivity index (χ0n) is 60.2. The first-order chi connectivity index (χ1) is 45.6. The van der Waals surface area contributed by atoms with Crippen molar-refractivity contribution in [1.29, 1.82) is 0 Å². The second-order valence-corrected chi connectivity index (χ2v) is 26.8. The number of carbonyl (C=O) groups excluding carboxylic acids is 4. The third-order valence-electron chi connectivity index (χ3n) is 20.0. The number of aromatic hydroxyl groups is 1. The van der Waals surface area contributed by atoms with Gasteiger partial charge in [0.05, 0.1) is 19.0 Å². The Labute approximate surface area is 565 Å². The third kappa shape index (κ3) is 21.0. The topological polar surface area (TPSA) is 167 Å². The van der Waals surface area contributed by atoms with Gasteiger partial charge in [0.25, 0.3) is 12.4 Å². The molecule has 6 heterocycles. The summed E-state index contributed by atoms with van der Waals surface area (Å²) in [5.41, 5.74) is 4.09. The molecule has 6 atom stereocenters. The van der Waals surface area contributed by atoms with Gasteiger partial charge in [0, 0.05) is 55.3 Å². The molecule has 0 radical (unpaired) electrons. The first kappa shape index (κ1) is 79.3. The van der Waals surface area contributed by atoms with Gasteiger partial charge in [0.15, 0.2) is 5.82 Å². The van der Waals surface area contributed by atoms with Crippen molar-refractivity contribution in [2.45, 2.75) is 268 Å². The standard InChI is InChI=1S/C25H22F4N4O2.C25H38N2O3.C14H28.C9H15NO2.2C2H6/c1-3-15-18(26)6-5-13-9-14(34)10-16(19(13)15)21-20(27)22-17(11-30-21)23(32-24(31-22)35-2)33-8-4-7-25(28,29)12-33;1-6-9-19(11-10-17(4)7-2)20-12-13-21(18(5)16-20)27(24(29)8-3)22-14-15-23(28)26-25(22)30;1-5-8-14(10-13(4)11-14)9-7-12(3)6-2;11-7-12-6-9-4-3-8-2-1-5-10(8)9;2*1-2/h5-6,9-11,34H,3-4,7-8,12H2,1-2H3;12-13,16-17,19,22H,6-11,14-15H2,1-5H3,(H,26,28,30);12-13H,5-11H2,1-4H3;7-9H,1-6H2;2*1-2H3. The van der Waals surface area contributed by atoms with E-state index in [0.717, 1.165) is 53.3 Å². The third-order valence-corrected chi connectivity index (χ3v) is 20.0. The number of rotatable bonds is 23. The number of carbonyl (C=O) groups is 4. The molecule has 2 aromatic heterocycles. The molecule has 1 aliphatic carbocycles. The Hall–Kier alpha value is -6.43. The van der Waals surface area contributed by atoms with Gasteiger partial charge in [0.2, 0.25) is 17.7 Å². The Balaban J connectivity index is 0.000000244. The number of phenolic OH excluding ortho intramolecular Hbond substituents is 1. The average molecular weight is 1330 g/mol. The molecule has 6 unspecified atom stereocenters. The highest BCUT2D eigenvalue weighted by atomic mass is 19.3. The van der Waals surface area contributed by atoms with Crippen LogP contribution in [-0.2, 0) is 30.3 Å². The van der Waals surface area contributed by atoms with Gasteiger partial charge < -0.3 is 19.5 Å². The van der Waals surface area contributed by atoms with Crippen LogP contribution in [0.2, 0.25) is 0 Å². The number of hydrogen-bond acceptors (Lipinski definition) is 12. The van der Waals surface area contributed by atoms with Crippen molar-refractivity contribution in [1.82, 2.24) is 25.2 Å². The second kappa shape index (κ2) is 38.5. The number of halogens is 4. The van der Waals surface area contributed by atoms with E-state index in [0.29, 0.717) is 67.2 Å². The summed E-state index contributed by atoms with van der Waals surface area (Å²) in [6.07, 6.45) is 23.9. The smallest absolute Gasteiger partial charge is 0.318 e. The van der Waals surface area contributed by atoms with Crippen LogP contribution >= 0.6 is 0 Å². The first-order valence-corrected chi connectivity index (χ1v) is 36.1. The molecule has 10 rings (SSSR count). The molecule has 3 aromatic carbocycles. The highest BCUT2D eigenvalue weighted by Crippen LogP contribution is 2.52. The van der Waals surface area contributed by atoms with E-state index in [1.54, 1.807) is 18.7 Å². The fourth-order valence-electron chi connectivity index (χ4n) is 14.8. The number of alkyl halides is 2. The SMILES string of the molecule is CC.CC.CCCC(CCC(C)CC)c1ccc(N(C(=O)CC)C2CCC(=O)NC2=O)c(C)c1.CCCC1(CCC(C)CC)CC(C)C1.CCc1c(F)ccc2cc(O)cc(-c3ncc4c(N5CCCC(F)(F)C5)nc(OC)nc4c3F)c12.O=COCC1CCC2CCCN21. The Kier molecular flexibility index (Phi) is 32.1. The van der Waals surface area contributed by atoms with Crippen LogP contribution in [0, 0.1) is 41.7 Å². The average Bonchev–Trinajstić information content (AvgIpc) is 1.37. The number of ether oxygens (including phenoxy) is 2. The molecule has 5 fully saturated rings. The molecule has 5 aromatic rings. The zero-order valence-corrected chi connectivity index (χ0v) is 60.2. The number of methoxy groups -OCH3 is 1. The van der Waals surface area contributed by atoms with E-state index < -0.39 is 30.1 Å². The lowest BCUT2D eigenvalue weighted by atomic mass is 9.58. The lowest BCUT2D eigenvalue weighted by molar-refractivity contribution is -0.135. The number of hydrogen-bond donors (Lipinski definition) is 2. The van der Waals surface area contributed by atoms with Gasteiger partial charge in [-0.15, -0.1) is 0 Å². The maximum absolute atomic E-state index is 16.0.